The van der Waals surface area contributed by atoms with Gasteiger partial charge in [0.2, 0.25) is 0 Å². The number of nitrogens with zero attached hydrogens (tertiary/aromatic N) is 6. The first-order chi connectivity index (χ1) is 19.5. The minimum absolute atomic E-state index is 0.0531. The molecule has 18 heteroatoms. The van der Waals surface area contributed by atoms with Gasteiger partial charge in [-0.2, -0.15) is 36.5 Å². The Balaban J connectivity index is 1.75. The maximum atomic E-state index is 13.8. The molecule has 220 valence electrons. The molecule has 0 aromatic carbocycles. The Labute approximate surface area is 240 Å². The summed E-state index contributed by atoms with van der Waals surface area (Å²) in [5.74, 6) is -2.28. The highest BCUT2D eigenvalue weighted by molar-refractivity contribution is 7.21. The number of fused-ring (bicyclic) bond motifs is 2. The Morgan fingerprint density at radius 2 is 1.76 bits per heavy atom. The second kappa shape index (κ2) is 9.94. The minimum Gasteiger partial charge on any atom is -0.365 e. The number of nitrogens with one attached hydrogen (secondary N) is 1. The third-order valence-corrected chi connectivity index (χ3v) is 7.72. The van der Waals surface area contributed by atoms with Gasteiger partial charge in [-0.05, 0) is 38.5 Å². The summed E-state index contributed by atoms with van der Waals surface area (Å²) in [5, 5.41) is 9.65. The molecule has 0 saturated heterocycles. The highest BCUT2D eigenvalue weighted by Gasteiger charge is 2.38. The lowest BCUT2D eigenvalue weighted by molar-refractivity contribution is -0.143. The van der Waals surface area contributed by atoms with Crippen molar-refractivity contribution < 1.29 is 35.9 Å². The van der Waals surface area contributed by atoms with Crippen molar-refractivity contribution >= 4 is 56.3 Å². The number of aryl methyl sites for hydroxylation is 2. The van der Waals surface area contributed by atoms with Crippen molar-refractivity contribution in [2.24, 2.45) is 5.73 Å². The molecule has 0 aliphatic carbocycles. The van der Waals surface area contributed by atoms with Gasteiger partial charge in [-0.1, -0.05) is 11.6 Å². The minimum atomic E-state index is -4.88. The molecule has 0 radical (unpaired) electrons. The van der Waals surface area contributed by atoms with Crippen molar-refractivity contribution in [3.05, 3.63) is 56.7 Å². The van der Waals surface area contributed by atoms with Gasteiger partial charge < -0.3 is 11.1 Å². The third kappa shape index (κ3) is 4.81. The molecule has 42 heavy (non-hydrogen) atoms. The van der Waals surface area contributed by atoms with Crippen LogP contribution >= 0.6 is 22.9 Å². The number of hydrogen-bond acceptors (Lipinski definition) is 7. The van der Waals surface area contributed by atoms with Crippen LogP contribution in [0.25, 0.3) is 27.0 Å². The van der Waals surface area contributed by atoms with Gasteiger partial charge in [0.1, 0.15) is 26.1 Å². The molecule has 5 rings (SSSR count). The zero-order chi connectivity index (χ0) is 30.9. The molecule has 5 aromatic rings. The number of halogens is 7. The quantitative estimate of drug-likeness (QED) is 0.233. The summed E-state index contributed by atoms with van der Waals surface area (Å²) in [4.78, 5) is 32.8. The summed E-state index contributed by atoms with van der Waals surface area (Å²) >= 11 is 6.73. The van der Waals surface area contributed by atoms with Gasteiger partial charge in [0.05, 0.1) is 11.9 Å². The number of rotatable bonds is 5. The fourth-order valence-electron chi connectivity index (χ4n) is 4.41. The number of carbonyl (C=O) groups excluding carboxylic acids is 2. The van der Waals surface area contributed by atoms with E-state index in [2.05, 4.69) is 25.5 Å². The molecule has 5 aromatic heterocycles. The number of thiophene rings is 1. The fraction of sp³-hybridized carbons (Fsp3) is 0.250. The molecule has 0 aliphatic heterocycles. The SMILES string of the molecule is CCn1ncc(-c2cc(C(F)(F)F)nc3sc(C(N)=O)c(NC(=O)c4nn5c(C(F)(F)F)cc(C)nc5c4Cl)c23)c1C. The summed E-state index contributed by atoms with van der Waals surface area (Å²) in [6.45, 7) is 5.08. The number of primary amides is 1. The summed E-state index contributed by atoms with van der Waals surface area (Å²) in [7, 11) is 0. The lowest BCUT2D eigenvalue weighted by Gasteiger charge is -2.12. The van der Waals surface area contributed by atoms with Crippen LogP contribution in [0.15, 0.2) is 18.3 Å². The molecule has 0 saturated carbocycles. The zero-order valence-electron chi connectivity index (χ0n) is 21.6. The molecule has 0 fully saturated rings. The van der Waals surface area contributed by atoms with Gasteiger partial charge in [-0.25, -0.2) is 14.5 Å². The van der Waals surface area contributed by atoms with Gasteiger partial charge in [-0.3, -0.25) is 14.3 Å². The van der Waals surface area contributed by atoms with Gasteiger partial charge in [-0.15, -0.1) is 11.3 Å². The Bertz CT molecular complexity index is 1920. The topological polar surface area (TPSA) is 133 Å². The molecule has 2 amide bonds. The van der Waals surface area contributed by atoms with E-state index in [4.69, 9.17) is 17.3 Å². The van der Waals surface area contributed by atoms with E-state index in [1.165, 1.54) is 17.8 Å². The highest BCUT2D eigenvalue weighted by Crippen LogP contribution is 2.44. The standard InChI is InChI=1S/C24H17ClF6N8O2S/c1-4-38-9(3)11(7-33-38)10-6-12(23(26,27)28)35-22-14(10)16(18(42-22)19(32)40)36-21(41)17-15(25)20-34-8(2)5-13(24(29,30)31)39(20)37-17/h5-7H,4H2,1-3H3,(H2,32,40)(H,36,41). The number of carbonyl (C=O) groups is 2. The summed E-state index contributed by atoms with van der Waals surface area (Å²) in [5.41, 5.74) is 2.13. The van der Waals surface area contributed by atoms with Crippen molar-refractivity contribution in [1.82, 2.24) is 29.4 Å². The second-order valence-corrected chi connectivity index (χ2v) is 10.4. The molecular weight excluding hydrogens is 614 g/mol. The van der Waals surface area contributed by atoms with E-state index in [9.17, 15) is 35.9 Å². The van der Waals surface area contributed by atoms with Crippen LogP contribution in [-0.2, 0) is 18.9 Å². The first-order valence-electron chi connectivity index (χ1n) is 11.8. The predicted molar refractivity (Wildman–Crippen MR) is 140 cm³/mol. The molecule has 3 N–H and O–H groups in total. The zero-order valence-corrected chi connectivity index (χ0v) is 23.1. The van der Waals surface area contributed by atoms with Crippen LogP contribution in [0.4, 0.5) is 32.0 Å². The van der Waals surface area contributed by atoms with Crippen LogP contribution < -0.4 is 11.1 Å². The molecule has 10 nitrogen and oxygen atoms in total. The summed E-state index contributed by atoms with van der Waals surface area (Å²) in [6.07, 6.45) is -8.43. The van der Waals surface area contributed by atoms with Gasteiger partial charge in [0.15, 0.2) is 11.3 Å². The van der Waals surface area contributed by atoms with Crippen LogP contribution in [0.1, 0.15) is 49.9 Å². The van der Waals surface area contributed by atoms with Crippen LogP contribution in [0.2, 0.25) is 5.02 Å². The Hall–Kier alpha value is -4.25. The maximum Gasteiger partial charge on any atom is 0.433 e. The van der Waals surface area contributed by atoms with E-state index in [0.717, 1.165) is 6.07 Å². The third-order valence-electron chi connectivity index (χ3n) is 6.27. The van der Waals surface area contributed by atoms with E-state index in [0.29, 0.717) is 34.2 Å². The molecule has 0 spiro atoms. The molecule has 0 unspecified atom stereocenters. The van der Waals surface area contributed by atoms with Crippen LogP contribution in [-0.4, -0.2) is 41.2 Å². The molecule has 0 bridgehead atoms. The molecule has 5 heterocycles. The van der Waals surface area contributed by atoms with Crippen molar-refractivity contribution in [1.29, 1.82) is 0 Å². The first-order valence-corrected chi connectivity index (χ1v) is 13.0. The normalized spacial score (nSPS) is 12.4. The molecular formula is C24H17ClF6N8O2S. The van der Waals surface area contributed by atoms with Crippen molar-refractivity contribution in [3.63, 3.8) is 0 Å². The van der Waals surface area contributed by atoms with Crippen LogP contribution in [0.3, 0.4) is 0 Å². The largest absolute Gasteiger partial charge is 0.433 e. The van der Waals surface area contributed by atoms with E-state index >= 15 is 0 Å². The summed E-state index contributed by atoms with van der Waals surface area (Å²) < 4.78 is 84.3. The number of hydrogen-bond donors (Lipinski definition) is 2. The lowest BCUT2D eigenvalue weighted by atomic mass is 10.0. The van der Waals surface area contributed by atoms with Crippen LogP contribution in [0.5, 0.6) is 0 Å². The Morgan fingerprint density at radius 3 is 2.33 bits per heavy atom. The summed E-state index contributed by atoms with van der Waals surface area (Å²) in [6, 6.07) is 1.46. The van der Waals surface area contributed by atoms with Crippen molar-refractivity contribution in [2.75, 3.05) is 5.32 Å². The molecule has 0 aliphatic rings. The number of alkyl halides is 6. The lowest BCUT2D eigenvalue weighted by Crippen LogP contribution is -2.18. The van der Waals surface area contributed by atoms with E-state index < -0.39 is 51.9 Å². The van der Waals surface area contributed by atoms with Gasteiger partial charge in [0, 0.05) is 28.9 Å². The van der Waals surface area contributed by atoms with Crippen molar-refractivity contribution in [3.8, 4) is 11.1 Å². The average Bonchev–Trinajstić information content (AvgIpc) is 3.55. The molecule has 0 atom stereocenters. The number of pyridine rings is 1. The predicted octanol–water partition coefficient (Wildman–Crippen LogP) is 5.88. The first kappa shape index (κ1) is 29.2. The number of anilines is 1. The average molecular weight is 631 g/mol. The highest BCUT2D eigenvalue weighted by atomic mass is 35.5. The number of nitrogens with two attached hydrogens (primary N) is 1. The van der Waals surface area contributed by atoms with Crippen LogP contribution in [0, 0.1) is 13.8 Å². The Morgan fingerprint density at radius 1 is 1.07 bits per heavy atom. The number of amides is 2. The maximum absolute atomic E-state index is 13.8. The van der Waals surface area contributed by atoms with E-state index in [-0.39, 0.29) is 37.6 Å². The van der Waals surface area contributed by atoms with E-state index in [1.54, 1.807) is 13.8 Å². The fourth-order valence-corrected chi connectivity index (χ4v) is 5.66. The van der Waals surface area contributed by atoms with Crippen molar-refractivity contribution in [2.45, 2.75) is 39.7 Å². The van der Waals surface area contributed by atoms with Gasteiger partial charge in [0.25, 0.3) is 11.8 Å². The smallest absolute Gasteiger partial charge is 0.365 e. The second-order valence-electron chi connectivity index (χ2n) is 9.00. The number of aromatic nitrogens is 6. The van der Waals surface area contributed by atoms with E-state index in [1.807, 2.05) is 0 Å². The monoisotopic (exact) mass is 630 g/mol. The van der Waals surface area contributed by atoms with Gasteiger partial charge >= 0.3 is 12.4 Å². The Kier molecular flexibility index (Phi) is 6.92.